The lowest BCUT2D eigenvalue weighted by Gasteiger charge is -2.13. The summed E-state index contributed by atoms with van der Waals surface area (Å²) in [4.78, 5) is 23.6. The maximum atomic E-state index is 11.9. The molecule has 0 bridgehead atoms. The van der Waals surface area contributed by atoms with Crippen LogP contribution in [0.2, 0.25) is 0 Å². The third-order valence-corrected chi connectivity index (χ3v) is 3.56. The maximum absolute atomic E-state index is 11.9. The number of amides is 2. The minimum atomic E-state index is -0.339. The van der Waals surface area contributed by atoms with E-state index in [1.807, 2.05) is 6.92 Å². The molecule has 1 aliphatic rings. The maximum Gasteiger partial charge on any atom is 0.286 e. The summed E-state index contributed by atoms with van der Waals surface area (Å²) in [5.41, 5.74) is 0. The van der Waals surface area contributed by atoms with Crippen molar-refractivity contribution in [2.24, 2.45) is 0 Å². The van der Waals surface area contributed by atoms with Crippen LogP contribution >= 0.6 is 0 Å². The monoisotopic (exact) mass is 318 g/mol. The standard InChI is InChI=1S/C14H18N6O3/c1-9(13-17-18-19-20(13)10-4-5-10)16-12(21)6-7-15-14(22)11-3-2-8-23-11/h2-3,8-10H,4-7H2,1H3,(H,15,22)(H,16,21)/t9-/m1/s1. The molecule has 9 heteroatoms. The van der Waals surface area contributed by atoms with E-state index in [0.717, 1.165) is 12.8 Å². The fourth-order valence-corrected chi connectivity index (χ4v) is 2.23. The van der Waals surface area contributed by atoms with Gasteiger partial charge in [0, 0.05) is 13.0 Å². The fraction of sp³-hybridized carbons (Fsp3) is 0.500. The van der Waals surface area contributed by atoms with Crippen molar-refractivity contribution < 1.29 is 14.0 Å². The summed E-state index contributed by atoms with van der Waals surface area (Å²) in [6.45, 7) is 2.07. The van der Waals surface area contributed by atoms with Gasteiger partial charge in [-0.05, 0) is 42.3 Å². The molecular weight excluding hydrogens is 300 g/mol. The first kappa shape index (κ1) is 15.2. The second-order valence-corrected chi connectivity index (χ2v) is 5.49. The Balaban J connectivity index is 1.43. The lowest BCUT2D eigenvalue weighted by molar-refractivity contribution is -0.121. The molecule has 122 valence electrons. The zero-order chi connectivity index (χ0) is 16.2. The van der Waals surface area contributed by atoms with Gasteiger partial charge in [0.25, 0.3) is 5.91 Å². The molecule has 1 saturated carbocycles. The van der Waals surface area contributed by atoms with Crippen molar-refractivity contribution in [3.63, 3.8) is 0 Å². The van der Waals surface area contributed by atoms with Crippen molar-refractivity contribution in [3.8, 4) is 0 Å². The molecule has 2 amide bonds. The van der Waals surface area contributed by atoms with Gasteiger partial charge < -0.3 is 15.1 Å². The van der Waals surface area contributed by atoms with E-state index in [-0.39, 0.29) is 36.6 Å². The van der Waals surface area contributed by atoms with Crippen LogP contribution in [0, 0.1) is 0 Å². The molecule has 0 unspecified atom stereocenters. The zero-order valence-electron chi connectivity index (χ0n) is 12.7. The van der Waals surface area contributed by atoms with Crippen molar-refractivity contribution in [1.29, 1.82) is 0 Å². The number of rotatable bonds is 7. The third kappa shape index (κ3) is 3.74. The molecule has 3 rings (SSSR count). The van der Waals surface area contributed by atoms with Crippen molar-refractivity contribution in [1.82, 2.24) is 30.8 Å². The van der Waals surface area contributed by atoms with Crippen LogP contribution in [0.15, 0.2) is 22.8 Å². The van der Waals surface area contributed by atoms with Crippen molar-refractivity contribution in [3.05, 3.63) is 30.0 Å². The number of aromatic nitrogens is 4. The SMILES string of the molecule is C[C@@H](NC(=O)CCNC(=O)c1ccco1)c1nnnn1C1CC1. The number of hydrogen-bond acceptors (Lipinski definition) is 6. The average Bonchev–Trinajstić information content (AvgIpc) is 3.05. The molecule has 2 aromatic rings. The quantitative estimate of drug-likeness (QED) is 0.772. The van der Waals surface area contributed by atoms with Gasteiger partial charge in [0.15, 0.2) is 11.6 Å². The predicted octanol–water partition coefficient (Wildman–Crippen LogP) is 0.598. The molecule has 2 aromatic heterocycles. The Morgan fingerprint density at radius 2 is 2.30 bits per heavy atom. The van der Waals surface area contributed by atoms with E-state index in [4.69, 9.17) is 4.42 Å². The van der Waals surface area contributed by atoms with Gasteiger partial charge in [-0.25, -0.2) is 4.68 Å². The van der Waals surface area contributed by atoms with Crippen LogP contribution in [-0.4, -0.2) is 38.6 Å². The van der Waals surface area contributed by atoms with E-state index in [9.17, 15) is 9.59 Å². The molecule has 9 nitrogen and oxygen atoms in total. The summed E-state index contributed by atoms with van der Waals surface area (Å²) in [6.07, 6.45) is 3.73. The lowest BCUT2D eigenvalue weighted by Crippen LogP contribution is -2.33. The molecule has 0 saturated heterocycles. The number of carbonyl (C=O) groups excluding carboxylic acids is 2. The first-order chi connectivity index (χ1) is 11.1. The molecule has 1 fully saturated rings. The van der Waals surface area contributed by atoms with Crippen LogP contribution in [0.5, 0.6) is 0 Å². The smallest absolute Gasteiger partial charge is 0.286 e. The molecule has 2 heterocycles. The number of hydrogen-bond donors (Lipinski definition) is 2. The summed E-state index contributed by atoms with van der Waals surface area (Å²) in [5, 5.41) is 17.1. The van der Waals surface area contributed by atoms with Gasteiger partial charge >= 0.3 is 0 Å². The highest BCUT2D eigenvalue weighted by molar-refractivity contribution is 5.91. The third-order valence-electron chi connectivity index (χ3n) is 3.56. The van der Waals surface area contributed by atoms with E-state index in [2.05, 4.69) is 26.2 Å². The Morgan fingerprint density at radius 1 is 1.48 bits per heavy atom. The Morgan fingerprint density at radius 3 is 3.00 bits per heavy atom. The number of tetrazole rings is 1. The Bertz CT molecular complexity index is 677. The van der Waals surface area contributed by atoms with E-state index in [1.165, 1.54) is 6.26 Å². The molecule has 0 aliphatic heterocycles. The zero-order valence-corrected chi connectivity index (χ0v) is 12.7. The second kappa shape index (κ2) is 6.59. The van der Waals surface area contributed by atoms with Crippen molar-refractivity contribution >= 4 is 11.8 Å². The molecule has 1 aliphatic carbocycles. The van der Waals surface area contributed by atoms with E-state index >= 15 is 0 Å². The van der Waals surface area contributed by atoms with Crippen LogP contribution < -0.4 is 10.6 Å². The van der Waals surface area contributed by atoms with E-state index in [0.29, 0.717) is 11.9 Å². The van der Waals surface area contributed by atoms with Gasteiger partial charge in [-0.3, -0.25) is 9.59 Å². The summed E-state index contributed by atoms with van der Waals surface area (Å²) in [7, 11) is 0. The van der Waals surface area contributed by atoms with Gasteiger partial charge in [0.05, 0.1) is 18.3 Å². The second-order valence-electron chi connectivity index (χ2n) is 5.49. The normalized spacial score (nSPS) is 15.2. The van der Waals surface area contributed by atoms with E-state index in [1.54, 1.807) is 16.8 Å². The van der Waals surface area contributed by atoms with Crippen LogP contribution in [0.1, 0.15) is 54.6 Å². The lowest BCUT2D eigenvalue weighted by atomic mass is 10.3. The molecule has 23 heavy (non-hydrogen) atoms. The number of furan rings is 1. The topological polar surface area (TPSA) is 115 Å². The van der Waals surface area contributed by atoms with Gasteiger partial charge in [0.1, 0.15) is 0 Å². The van der Waals surface area contributed by atoms with Gasteiger partial charge in [0.2, 0.25) is 5.91 Å². The minimum Gasteiger partial charge on any atom is -0.459 e. The van der Waals surface area contributed by atoms with Gasteiger partial charge in [-0.2, -0.15) is 0 Å². The average molecular weight is 318 g/mol. The van der Waals surface area contributed by atoms with Crippen molar-refractivity contribution in [2.45, 2.75) is 38.3 Å². The fourth-order valence-electron chi connectivity index (χ4n) is 2.23. The first-order valence-electron chi connectivity index (χ1n) is 7.54. The Labute approximate surface area is 132 Å². The number of nitrogens with one attached hydrogen (secondary N) is 2. The number of nitrogens with zero attached hydrogens (tertiary/aromatic N) is 4. The van der Waals surface area contributed by atoms with Gasteiger partial charge in [-0.1, -0.05) is 0 Å². The molecular formula is C14H18N6O3. The minimum absolute atomic E-state index is 0.168. The Kier molecular flexibility index (Phi) is 4.35. The molecule has 0 spiro atoms. The summed E-state index contributed by atoms with van der Waals surface area (Å²) in [5.74, 6) is 0.360. The number of carbonyl (C=O) groups is 2. The largest absolute Gasteiger partial charge is 0.459 e. The molecule has 2 N–H and O–H groups in total. The highest BCUT2D eigenvalue weighted by Gasteiger charge is 2.29. The van der Waals surface area contributed by atoms with Crippen LogP contribution in [0.4, 0.5) is 0 Å². The van der Waals surface area contributed by atoms with Crippen LogP contribution in [0.25, 0.3) is 0 Å². The highest BCUT2D eigenvalue weighted by Crippen LogP contribution is 2.35. The van der Waals surface area contributed by atoms with E-state index < -0.39 is 0 Å². The van der Waals surface area contributed by atoms with Gasteiger partial charge in [-0.15, -0.1) is 5.10 Å². The summed E-state index contributed by atoms with van der Waals surface area (Å²) >= 11 is 0. The predicted molar refractivity (Wildman–Crippen MR) is 78.3 cm³/mol. The van der Waals surface area contributed by atoms with Crippen LogP contribution in [0.3, 0.4) is 0 Å². The first-order valence-corrected chi connectivity index (χ1v) is 7.54. The molecule has 1 atom stereocenters. The summed E-state index contributed by atoms with van der Waals surface area (Å²) < 4.78 is 6.74. The van der Waals surface area contributed by atoms with Crippen molar-refractivity contribution in [2.75, 3.05) is 6.54 Å². The van der Waals surface area contributed by atoms with Crippen LogP contribution in [-0.2, 0) is 4.79 Å². The molecule has 0 aromatic carbocycles. The molecule has 0 radical (unpaired) electrons. The summed E-state index contributed by atoms with van der Waals surface area (Å²) in [6, 6.07) is 3.27. The Hall–Kier alpha value is -2.71. The highest BCUT2D eigenvalue weighted by atomic mass is 16.3.